The second kappa shape index (κ2) is 11.8. The van der Waals surface area contributed by atoms with Crippen molar-refractivity contribution in [2.45, 2.75) is 76.7 Å². The van der Waals surface area contributed by atoms with Gasteiger partial charge in [0.1, 0.15) is 11.6 Å². The highest BCUT2D eigenvalue weighted by molar-refractivity contribution is 5.32. The van der Waals surface area contributed by atoms with Crippen molar-refractivity contribution in [3.05, 3.63) is 88.5 Å². The topological polar surface area (TPSA) is 9.23 Å². The summed E-state index contributed by atoms with van der Waals surface area (Å²) in [6, 6.07) is 4.09. The lowest BCUT2D eigenvalue weighted by Gasteiger charge is -2.33. The minimum Gasteiger partial charge on any atom is -0.429 e. The van der Waals surface area contributed by atoms with Crippen molar-refractivity contribution in [2.75, 3.05) is 0 Å². The molecule has 200 valence electrons. The van der Waals surface area contributed by atoms with Crippen LogP contribution in [0.15, 0.2) is 54.1 Å². The highest BCUT2D eigenvalue weighted by Crippen LogP contribution is 2.43. The van der Waals surface area contributed by atoms with E-state index in [-0.39, 0.29) is 5.92 Å². The van der Waals surface area contributed by atoms with E-state index in [4.69, 9.17) is 0 Å². The molecule has 1 nitrogen and oxygen atoms in total. The molecule has 0 N–H and O–H groups in total. The van der Waals surface area contributed by atoms with E-state index in [0.29, 0.717) is 23.6 Å². The third-order valence-electron chi connectivity index (χ3n) is 7.76. The first kappa shape index (κ1) is 27.3. The van der Waals surface area contributed by atoms with Crippen molar-refractivity contribution in [1.29, 1.82) is 0 Å². The molecule has 1 atom stereocenters. The summed E-state index contributed by atoms with van der Waals surface area (Å²) in [6.45, 7) is 2.05. The zero-order chi connectivity index (χ0) is 26.6. The van der Waals surface area contributed by atoms with Crippen LogP contribution in [0.4, 0.5) is 26.3 Å². The van der Waals surface area contributed by atoms with Crippen LogP contribution >= 0.6 is 0 Å². The van der Waals surface area contributed by atoms with Gasteiger partial charge in [0, 0.05) is 12.1 Å². The molecule has 0 aliphatic heterocycles. The van der Waals surface area contributed by atoms with Gasteiger partial charge in [0.2, 0.25) is 0 Å². The maximum atomic E-state index is 14.8. The number of alkyl halides is 2. The van der Waals surface area contributed by atoms with Gasteiger partial charge in [0.05, 0.1) is 5.56 Å². The molecule has 2 aliphatic carbocycles. The van der Waals surface area contributed by atoms with Crippen molar-refractivity contribution in [2.24, 2.45) is 11.8 Å². The Kier molecular flexibility index (Phi) is 8.71. The molecule has 0 aromatic heterocycles. The van der Waals surface area contributed by atoms with E-state index in [9.17, 15) is 26.3 Å². The summed E-state index contributed by atoms with van der Waals surface area (Å²) in [5.74, 6) is -5.89. The van der Waals surface area contributed by atoms with Gasteiger partial charge >= 0.3 is 6.11 Å². The van der Waals surface area contributed by atoms with Gasteiger partial charge in [-0.15, -0.1) is 0 Å². The Balaban J connectivity index is 1.36. The van der Waals surface area contributed by atoms with Crippen LogP contribution in [0.2, 0.25) is 0 Å². The molecule has 7 heteroatoms. The second-order valence-corrected chi connectivity index (χ2v) is 10.2. The predicted octanol–water partition coefficient (Wildman–Crippen LogP) is 9.73. The fourth-order valence-electron chi connectivity index (χ4n) is 5.65. The van der Waals surface area contributed by atoms with Crippen LogP contribution < -0.4 is 4.74 Å². The Morgan fingerprint density at radius 1 is 0.892 bits per heavy atom. The minimum atomic E-state index is -4.20. The van der Waals surface area contributed by atoms with E-state index in [1.807, 2.05) is 6.92 Å². The first-order valence-electron chi connectivity index (χ1n) is 13.0. The van der Waals surface area contributed by atoms with Crippen LogP contribution in [0.3, 0.4) is 0 Å². The van der Waals surface area contributed by atoms with Gasteiger partial charge in [-0.3, -0.25) is 0 Å². The quantitative estimate of drug-likeness (QED) is 0.190. The van der Waals surface area contributed by atoms with E-state index >= 15 is 0 Å². The van der Waals surface area contributed by atoms with Crippen LogP contribution in [0.1, 0.15) is 81.8 Å². The summed E-state index contributed by atoms with van der Waals surface area (Å²) in [6.07, 6.45) is 12.1. The van der Waals surface area contributed by atoms with Crippen molar-refractivity contribution in [3.8, 4) is 5.75 Å². The SMILES string of the molecule is C/C=C/CCC1CC=C(C2CCC(c3ccc(C(F)(F)Oc4cc(F)c(F)c(F)c4)c(F)c3)CC2)CC1. The van der Waals surface area contributed by atoms with Crippen LogP contribution in [-0.2, 0) is 6.11 Å². The van der Waals surface area contributed by atoms with Crippen LogP contribution in [0, 0.1) is 35.1 Å². The minimum absolute atomic E-state index is 0.0763. The van der Waals surface area contributed by atoms with E-state index in [1.54, 1.807) is 0 Å². The summed E-state index contributed by atoms with van der Waals surface area (Å²) in [5.41, 5.74) is 1.13. The molecule has 0 heterocycles. The number of hydrogen-bond donors (Lipinski definition) is 0. The Bertz CT molecular complexity index is 1120. The molecule has 1 unspecified atom stereocenters. The van der Waals surface area contributed by atoms with Crippen LogP contribution in [0.25, 0.3) is 0 Å². The van der Waals surface area contributed by atoms with Crippen LogP contribution in [-0.4, -0.2) is 0 Å². The molecule has 2 aliphatic rings. The molecule has 1 saturated carbocycles. The fourth-order valence-corrected chi connectivity index (χ4v) is 5.65. The molecular weight excluding hydrogens is 490 g/mol. The lowest BCUT2D eigenvalue weighted by molar-refractivity contribution is -0.187. The molecular formula is C30H32F6O. The number of rotatable bonds is 8. The maximum Gasteiger partial charge on any atom is 0.429 e. The Labute approximate surface area is 214 Å². The molecule has 0 spiro atoms. The van der Waals surface area contributed by atoms with Gasteiger partial charge in [0.15, 0.2) is 17.5 Å². The van der Waals surface area contributed by atoms with Gasteiger partial charge in [-0.25, -0.2) is 17.6 Å². The lowest BCUT2D eigenvalue weighted by Crippen LogP contribution is -2.24. The summed E-state index contributed by atoms with van der Waals surface area (Å²) in [5, 5.41) is 0. The van der Waals surface area contributed by atoms with Crippen molar-refractivity contribution >= 4 is 0 Å². The highest BCUT2D eigenvalue weighted by atomic mass is 19.3. The predicted molar refractivity (Wildman–Crippen MR) is 131 cm³/mol. The van der Waals surface area contributed by atoms with Gasteiger partial charge < -0.3 is 4.74 Å². The lowest BCUT2D eigenvalue weighted by atomic mass is 9.72. The number of allylic oxidation sites excluding steroid dienone is 4. The van der Waals surface area contributed by atoms with E-state index in [0.717, 1.165) is 63.0 Å². The van der Waals surface area contributed by atoms with Crippen molar-refractivity contribution in [1.82, 2.24) is 0 Å². The number of benzene rings is 2. The zero-order valence-electron chi connectivity index (χ0n) is 20.9. The van der Waals surface area contributed by atoms with Gasteiger partial charge in [-0.05, 0) is 100 Å². The Morgan fingerprint density at radius 3 is 2.16 bits per heavy atom. The van der Waals surface area contributed by atoms with Gasteiger partial charge in [-0.1, -0.05) is 29.9 Å². The Hall–Kier alpha value is -2.70. The smallest absolute Gasteiger partial charge is 0.429 e. The van der Waals surface area contributed by atoms with Crippen LogP contribution in [0.5, 0.6) is 5.75 Å². The number of hydrogen-bond acceptors (Lipinski definition) is 1. The highest BCUT2D eigenvalue weighted by Gasteiger charge is 2.38. The first-order chi connectivity index (χ1) is 17.7. The number of ether oxygens (including phenoxy) is 1. The third-order valence-corrected chi connectivity index (χ3v) is 7.76. The number of halogens is 6. The average molecular weight is 523 g/mol. The van der Waals surface area contributed by atoms with E-state index < -0.39 is 40.7 Å². The molecule has 37 heavy (non-hydrogen) atoms. The third kappa shape index (κ3) is 6.60. The molecule has 0 amide bonds. The summed E-state index contributed by atoms with van der Waals surface area (Å²) in [4.78, 5) is 0. The van der Waals surface area contributed by atoms with Crippen molar-refractivity contribution < 1.29 is 31.1 Å². The monoisotopic (exact) mass is 522 g/mol. The van der Waals surface area contributed by atoms with Gasteiger partial charge in [-0.2, -0.15) is 8.78 Å². The fraction of sp³-hybridized carbons (Fsp3) is 0.467. The standard InChI is InChI=1S/C30H32F6O/c1-2-3-4-5-19-6-8-20(9-7-19)21-10-12-22(13-11-21)23-14-15-25(26(31)16-23)30(35,36)37-24-17-27(32)29(34)28(33)18-24/h2-3,8,14-19,21-22H,4-7,9-13H2,1H3/b3-2+. The zero-order valence-corrected chi connectivity index (χ0v) is 20.9. The molecule has 0 bridgehead atoms. The molecule has 2 aromatic carbocycles. The molecule has 2 aromatic rings. The summed E-state index contributed by atoms with van der Waals surface area (Å²) >= 11 is 0. The van der Waals surface area contributed by atoms with E-state index in [2.05, 4.69) is 23.0 Å². The Morgan fingerprint density at radius 2 is 1.57 bits per heavy atom. The maximum absolute atomic E-state index is 14.8. The normalized spacial score (nSPS) is 22.8. The molecule has 0 radical (unpaired) electrons. The first-order valence-corrected chi connectivity index (χ1v) is 13.0. The van der Waals surface area contributed by atoms with Gasteiger partial charge in [0.25, 0.3) is 0 Å². The molecule has 0 saturated heterocycles. The second-order valence-electron chi connectivity index (χ2n) is 10.2. The molecule has 4 rings (SSSR count). The molecule has 1 fully saturated rings. The average Bonchev–Trinajstić information content (AvgIpc) is 2.87. The van der Waals surface area contributed by atoms with Crippen molar-refractivity contribution in [3.63, 3.8) is 0 Å². The largest absolute Gasteiger partial charge is 0.429 e. The summed E-state index contributed by atoms with van der Waals surface area (Å²) in [7, 11) is 0. The van der Waals surface area contributed by atoms with E-state index in [1.165, 1.54) is 24.5 Å². The summed E-state index contributed by atoms with van der Waals surface area (Å²) < 4.78 is 88.1.